The number of nitrogens with one attached hydrogen (secondary N) is 2. The van der Waals surface area contributed by atoms with E-state index in [2.05, 4.69) is 15.5 Å². The second kappa shape index (κ2) is 4.28. The lowest BCUT2D eigenvalue weighted by atomic mass is 10.2. The number of likely N-dealkylation sites (tertiary alicyclic amines) is 1. The monoisotopic (exact) mass is 197 g/mol. The van der Waals surface area contributed by atoms with Gasteiger partial charge in [0.1, 0.15) is 0 Å². The molecule has 2 atom stereocenters. The third-order valence-electron chi connectivity index (χ3n) is 3.24. The van der Waals surface area contributed by atoms with Crippen molar-refractivity contribution in [2.45, 2.75) is 31.3 Å². The summed E-state index contributed by atoms with van der Waals surface area (Å²) in [7, 11) is 2.02. The average Bonchev–Trinajstić information content (AvgIpc) is 2.76. The molecule has 0 spiro atoms. The van der Waals surface area contributed by atoms with Gasteiger partial charge in [-0.3, -0.25) is 9.69 Å². The van der Waals surface area contributed by atoms with Gasteiger partial charge in [0, 0.05) is 31.6 Å². The fourth-order valence-electron chi connectivity index (χ4n) is 2.36. The Bertz CT molecular complexity index is 219. The lowest BCUT2D eigenvalue weighted by Crippen LogP contribution is -2.39. The second-order valence-corrected chi connectivity index (χ2v) is 4.34. The minimum absolute atomic E-state index is 0.222. The first kappa shape index (κ1) is 9.93. The van der Waals surface area contributed by atoms with Crippen molar-refractivity contribution >= 4 is 5.91 Å². The molecule has 0 aromatic heterocycles. The predicted molar refractivity (Wildman–Crippen MR) is 55.1 cm³/mol. The molecule has 1 amide bonds. The summed E-state index contributed by atoms with van der Waals surface area (Å²) in [6.07, 6.45) is 2.96. The van der Waals surface area contributed by atoms with Gasteiger partial charge in [0.15, 0.2) is 0 Å². The molecule has 0 aromatic rings. The van der Waals surface area contributed by atoms with E-state index in [1.807, 2.05) is 7.05 Å². The largest absolute Gasteiger partial charge is 0.352 e. The molecule has 2 aliphatic heterocycles. The van der Waals surface area contributed by atoms with E-state index in [1.54, 1.807) is 0 Å². The molecule has 2 heterocycles. The van der Waals surface area contributed by atoms with Crippen LogP contribution in [-0.2, 0) is 4.79 Å². The van der Waals surface area contributed by atoms with E-state index < -0.39 is 0 Å². The smallest absolute Gasteiger partial charge is 0.220 e. The van der Waals surface area contributed by atoms with Crippen LogP contribution in [0.5, 0.6) is 0 Å². The Hall–Kier alpha value is -0.610. The van der Waals surface area contributed by atoms with Crippen molar-refractivity contribution in [3.05, 3.63) is 0 Å². The molecule has 2 aliphatic rings. The van der Waals surface area contributed by atoms with E-state index in [-0.39, 0.29) is 5.91 Å². The van der Waals surface area contributed by atoms with Crippen LogP contribution < -0.4 is 10.6 Å². The van der Waals surface area contributed by atoms with Gasteiger partial charge in [-0.2, -0.15) is 0 Å². The van der Waals surface area contributed by atoms with E-state index in [0.717, 1.165) is 26.1 Å². The molecule has 0 aliphatic carbocycles. The maximum Gasteiger partial charge on any atom is 0.220 e. The first-order valence-electron chi connectivity index (χ1n) is 5.47. The number of hydrogen-bond acceptors (Lipinski definition) is 3. The first-order valence-corrected chi connectivity index (χ1v) is 5.47. The molecule has 14 heavy (non-hydrogen) atoms. The minimum Gasteiger partial charge on any atom is -0.352 e. The number of carbonyl (C=O) groups is 1. The molecule has 0 radical (unpaired) electrons. The van der Waals surface area contributed by atoms with E-state index >= 15 is 0 Å². The summed E-state index contributed by atoms with van der Waals surface area (Å²) in [4.78, 5) is 13.4. The van der Waals surface area contributed by atoms with Crippen molar-refractivity contribution < 1.29 is 4.79 Å². The Morgan fingerprint density at radius 1 is 1.57 bits per heavy atom. The molecule has 2 saturated heterocycles. The van der Waals surface area contributed by atoms with E-state index in [9.17, 15) is 4.79 Å². The third kappa shape index (κ3) is 2.25. The Morgan fingerprint density at radius 2 is 2.43 bits per heavy atom. The van der Waals surface area contributed by atoms with Crippen LogP contribution in [0.25, 0.3) is 0 Å². The summed E-state index contributed by atoms with van der Waals surface area (Å²) in [6.45, 7) is 3.32. The normalized spacial score (nSPS) is 33.6. The Labute approximate surface area is 85.0 Å². The number of amides is 1. The summed E-state index contributed by atoms with van der Waals surface area (Å²) in [6, 6.07) is 1.05. The Kier molecular flexibility index (Phi) is 3.03. The lowest BCUT2D eigenvalue weighted by molar-refractivity contribution is -0.119. The molecule has 4 heteroatoms. The van der Waals surface area contributed by atoms with Crippen molar-refractivity contribution in [1.29, 1.82) is 0 Å². The molecular weight excluding hydrogens is 178 g/mol. The highest BCUT2D eigenvalue weighted by Gasteiger charge is 2.27. The molecule has 0 aromatic carbocycles. The standard InChI is InChI=1S/C10H19N3O/c1-11-8-4-5-13(6-8)7-9-2-3-10(14)12-9/h8-9,11H,2-7H2,1H3,(H,12,14). The molecule has 80 valence electrons. The van der Waals surface area contributed by atoms with E-state index in [1.165, 1.54) is 6.42 Å². The van der Waals surface area contributed by atoms with Gasteiger partial charge in [-0.1, -0.05) is 0 Å². The average molecular weight is 197 g/mol. The van der Waals surface area contributed by atoms with Crippen molar-refractivity contribution in [1.82, 2.24) is 15.5 Å². The van der Waals surface area contributed by atoms with E-state index in [4.69, 9.17) is 0 Å². The third-order valence-corrected chi connectivity index (χ3v) is 3.24. The van der Waals surface area contributed by atoms with Crippen molar-refractivity contribution in [2.75, 3.05) is 26.7 Å². The summed E-state index contributed by atoms with van der Waals surface area (Å²) >= 11 is 0. The summed E-state index contributed by atoms with van der Waals surface area (Å²) in [5.41, 5.74) is 0. The fourth-order valence-corrected chi connectivity index (χ4v) is 2.36. The summed E-state index contributed by atoms with van der Waals surface area (Å²) < 4.78 is 0. The van der Waals surface area contributed by atoms with Crippen LogP contribution in [-0.4, -0.2) is 49.6 Å². The van der Waals surface area contributed by atoms with Crippen LogP contribution in [0, 0.1) is 0 Å². The van der Waals surface area contributed by atoms with Crippen molar-refractivity contribution in [3.63, 3.8) is 0 Å². The Morgan fingerprint density at radius 3 is 3.00 bits per heavy atom. The number of likely N-dealkylation sites (N-methyl/N-ethyl adjacent to an activating group) is 1. The highest BCUT2D eigenvalue weighted by Crippen LogP contribution is 2.13. The minimum atomic E-state index is 0.222. The second-order valence-electron chi connectivity index (χ2n) is 4.34. The van der Waals surface area contributed by atoms with Crippen LogP contribution in [0.3, 0.4) is 0 Å². The molecule has 0 saturated carbocycles. The lowest BCUT2D eigenvalue weighted by Gasteiger charge is -2.20. The van der Waals surface area contributed by atoms with Gasteiger partial charge in [0.2, 0.25) is 5.91 Å². The maximum absolute atomic E-state index is 11.0. The molecule has 2 unspecified atom stereocenters. The molecular formula is C10H19N3O. The zero-order valence-corrected chi connectivity index (χ0v) is 8.75. The number of carbonyl (C=O) groups excluding carboxylic acids is 1. The van der Waals surface area contributed by atoms with Crippen LogP contribution in [0.4, 0.5) is 0 Å². The zero-order chi connectivity index (χ0) is 9.97. The first-order chi connectivity index (χ1) is 6.78. The van der Waals surface area contributed by atoms with Crippen molar-refractivity contribution in [2.24, 2.45) is 0 Å². The van der Waals surface area contributed by atoms with Crippen LogP contribution >= 0.6 is 0 Å². The number of rotatable bonds is 3. The number of hydrogen-bond donors (Lipinski definition) is 2. The highest BCUT2D eigenvalue weighted by atomic mass is 16.1. The van der Waals surface area contributed by atoms with Crippen molar-refractivity contribution in [3.8, 4) is 0 Å². The topological polar surface area (TPSA) is 44.4 Å². The van der Waals surface area contributed by atoms with Gasteiger partial charge in [0.25, 0.3) is 0 Å². The SMILES string of the molecule is CNC1CCN(CC2CCC(=O)N2)C1. The molecule has 4 nitrogen and oxygen atoms in total. The van der Waals surface area contributed by atoms with Gasteiger partial charge >= 0.3 is 0 Å². The zero-order valence-electron chi connectivity index (χ0n) is 8.75. The molecule has 2 N–H and O–H groups in total. The quantitative estimate of drug-likeness (QED) is 0.644. The van der Waals surface area contributed by atoms with E-state index in [0.29, 0.717) is 18.5 Å². The van der Waals surface area contributed by atoms with Gasteiger partial charge < -0.3 is 10.6 Å². The molecule has 2 fully saturated rings. The predicted octanol–water partition coefficient (Wildman–Crippen LogP) is -0.441. The fraction of sp³-hybridized carbons (Fsp3) is 0.900. The van der Waals surface area contributed by atoms with Crippen LogP contribution in [0.15, 0.2) is 0 Å². The highest BCUT2D eigenvalue weighted by molar-refractivity contribution is 5.78. The maximum atomic E-state index is 11.0. The van der Waals surface area contributed by atoms with Gasteiger partial charge in [-0.15, -0.1) is 0 Å². The van der Waals surface area contributed by atoms with Gasteiger partial charge in [0.05, 0.1) is 0 Å². The molecule has 2 rings (SSSR count). The summed E-state index contributed by atoms with van der Waals surface area (Å²) in [5.74, 6) is 0.222. The van der Waals surface area contributed by atoms with Crippen LogP contribution in [0.1, 0.15) is 19.3 Å². The number of nitrogens with zero attached hydrogens (tertiary/aromatic N) is 1. The Balaban J connectivity index is 1.73. The van der Waals surface area contributed by atoms with Gasteiger partial charge in [-0.25, -0.2) is 0 Å². The molecule has 0 bridgehead atoms. The van der Waals surface area contributed by atoms with Crippen LogP contribution in [0.2, 0.25) is 0 Å². The summed E-state index contributed by atoms with van der Waals surface area (Å²) in [5, 5.41) is 6.31. The van der Waals surface area contributed by atoms with Gasteiger partial charge in [-0.05, 0) is 26.4 Å².